The van der Waals surface area contributed by atoms with Crippen LogP contribution < -0.4 is 0 Å². The fourth-order valence-corrected chi connectivity index (χ4v) is 5.41. The first-order valence-corrected chi connectivity index (χ1v) is 10.5. The van der Waals surface area contributed by atoms with Crippen molar-refractivity contribution in [2.24, 2.45) is 0 Å². The molecule has 2 aromatic carbocycles. The molecule has 1 aromatic heterocycles. The van der Waals surface area contributed by atoms with Crippen LogP contribution in [-0.4, -0.2) is 34.2 Å². The van der Waals surface area contributed by atoms with Crippen LogP contribution in [0.1, 0.15) is 47.3 Å². The molecule has 6 nitrogen and oxygen atoms in total. The van der Waals surface area contributed by atoms with Gasteiger partial charge >= 0.3 is 5.97 Å². The lowest BCUT2D eigenvalue weighted by molar-refractivity contribution is -0.0313. The van der Waals surface area contributed by atoms with Crippen molar-refractivity contribution in [2.75, 3.05) is 0 Å². The van der Waals surface area contributed by atoms with Gasteiger partial charge in [0, 0.05) is 5.39 Å². The molecule has 1 saturated carbocycles. The van der Waals surface area contributed by atoms with E-state index in [1.807, 2.05) is 13.0 Å². The average Bonchev–Trinajstić information content (AvgIpc) is 2.99. The van der Waals surface area contributed by atoms with E-state index in [1.54, 1.807) is 31.2 Å². The molecule has 146 valence electrons. The number of aromatic carboxylic acids is 1. The van der Waals surface area contributed by atoms with Crippen molar-refractivity contribution < 1.29 is 23.4 Å². The lowest BCUT2D eigenvalue weighted by Crippen LogP contribution is -2.39. The van der Waals surface area contributed by atoms with Crippen LogP contribution in [0.2, 0.25) is 0 Å². The summed E-state index contributed by atoms with van der Waals surface area (Å²) in [6, 6.07) is 13.0. The highest BCUT2D eigenvalue weighted by Crippen LogP contribution is 2.45. The van der Waals surface area contributed by atoms with Crippen LogP contribution in [0.5, 0.6) is 0 Å². The van der Waals surface area contributed by atoms with Crippen molar-refractivity contribution in [2.45, 2.75) is 43.1 Å². The summed E-state index contributed by atoms with van der Waals surface area (Å²) in [5.41, 5.74) is 1.14. The van der Waals surface area contributed by atoms with Gasteiger partial charge in [0.1, 0.15) is 5.69 Å². The fraction of sp³-hybridized carbons (Fsp3) is 0.286. The van der Waals surface area contributed by atoms with Gasteiger partial charge in [-0.2, -0.15) is 0 Å². The van der Waals surface area contributed by atoms with Crippen molar-refractivity contribution in [1.82, 2.24) is 3.97 Å². The van der Waals surface area contributed by atoms with E-state index >= 15 is 0 Å². The van der Waals surface area contributed by atoms with Crippen molar-refractivity contribution in [3.05, 3.63) is 65.4 Å². The molecular weight excluding hydrogens is 378 g/mol. The number of nitrogens with zero attached hydrogens (tertiary/aromatic N) is 1. The van der Waals surface area contributed by atoms with Crippen LogP contribution >= 0.6 is 0 Å². The Morgan fingerprint density at radius 1 is 1.11 bits per heavy atom. The second kappa shape index (κ2) is 6.18. The molecule has 1 aliphatic rings. The zero-order chi connectivity index (χ0) is 20.3. The van der Waals surface area contributed by atoms with Gasteiger partial charge in [-0.05, 0) is 62.4 Å². The van der Waals surface area contributed by atoms with E-state index in [1.165, 1.54) is 18.2 Å². The van der Waals surface area contributed by atoms with Crippen LogP contribution in [0.25, 0.3) is 10.9 Å². The van der Waals surface area contributed by atoms with E-state index in [4.69, 9.17) is 0 Å². The van der Waals surface area contributed by atoms with Gasteiger partial charge in [0.25, 0.3) is 10.0 Å². The molecule has 0 radical (unpaired) electrons. The van der Waals surface area contributed by atoms with Gasteiger partial charge in [-0.25, -0.2) is 17.2 Å². The molecule has 0 aliphatic heterocycles. The standard InChI is InChI=1S/C21H21NO5S/c1-13-3-7-17(8-4-13)28(26,27)22-18-9-14(16-11-21(2,25)12-16)5-6-15(18)10-19(22)20(23)24/h3-10,16,25H,11-12H2,1-2H3,(H,23,24). The molecule has 0 unspecified atom stereocenters. The number of aliphatic hydroxyl groups is 1. The first-order valence-electron chi connectivity index (χ1n) is 9.02. The van der Waals surface area contributed by atoms with Crippen LogP contribution in [0.15, 0.2) is 53.4 Å². The van der Waals surface area contributed by atoms with Gasteiger partial charge in [0.05, 0.1) is 16.0 Å². The van der Waals surface area contributed by atoms with Gasteiger partial charge in [-0.1, -0.05) is 29.8 Å². The summed E-state index contributed by atoms with van der Waals surface area (Å²) in [6.07, 6.45) is 1.19. The molecule has 1 heterocycles. The zero-order valence-corrected chi connectivity index (χ0v) is 16.4. The van der Waals surface area contributed by atoms with Crippen molar-refractivity contribution >= 4 is 26.9 Å². The molecule has 3 aromatic rings. The first kappa shape index (κ1) is 18.7. The summed E-state index contributed by atoms with van der Waals surface area (Å²) in [5, 5.41) is 20.2. The molecule has 2 N–H and O–H groups in total. The molecule has 0 bridgehead atoms. The Morgan fingerprint density at radius 3 is 2.32 bits per heavy atom. The molecule has 0 spiro atoms. The van der Waals surface area contributed by atoms with Crippen LogP contribution in [-0.2, 0) is 10.0 Å². The number of carboxylic acids is 1. The van der Waals surface area contributed by atoms with Gasteiger partial charge in [-0.3, -0.25) is 0 Å². The molecular formula is C21H21NO5S. The lowest BCUT2D eigenvalue weighted by atomic mass is 9.69. The van der Waals surface area contributed by atoms with Crippen molar-refractivity contribution in [3.63, 3.8) is 0 Å². The van der Waals surface area contributed by atoms with E-state index in [9.17, 15) is 23.4 Å². The van der Waals surface area contributed by atoms with Crippen molar-refractivity contribution in [3.8, 4) is 0 Å². The third kappa shape index (κ3) is 3.00. The second-order valence-corrected chi connectivity index (χ2v) is 9.62. The second-order valence-electron chi connectivity index (χ2n) is 7.84. The molecule has 1 aliphatic carbocycles. The highest BCUT2D eigenvalue weighted by atomic mass is 32.2. The highest BCUT2D eigenvalue weighted by molar-refractivity contribution is 7.90. The molecule has 0 atom stereocenters. The monoisotopic (exact) mass is 399 g/mol. The maximum absolute atomic E-state index is 13.3. The van der Waals surface area contributed by atoms with Gasteiger partial charge in [-0.15, -0.1) is 0 Å². The number of carbonyl (C=O) groups is 1. The molecule has 7 heteroatoms. The fourth-order valence-electron chi connectivity index (χ4n) is 3.91. The van der Waals surface area contributed by atoms with E-state index in [0.29, 0.717) is 23.7 Å². The minimum absolute atomic E-state index is 0.0371. The van der Waals surface area contributed by atoms with E-state index < -0.39 is 21.6 Å². The third-order valence-corrected chi connectivity index (χ3v) is 7.15. The maximum Gasteiger partial charge on any atom is 0.353 e. The number of aromatic nitrogens is 1. The minimum Gasteiger partial charge on any atom is -0.477 e. The van der Waals surface area contributed by atoms with E-state index in [-0.39, 0.29) is 16.5 Å². The first-order chi connectivity index (χ1) is 13.1. The Labute approximate surface area is 163 Å². The normalized spacial score (nSPS) is 22.2. The quantitative estimate of drug-likeness (QED) is 0.700. The lowest BCUT2D eigenvalue weighted by Gasteiger charge is -2.41. The molecule has 28 heavy (non-hydrogen) atoms. The zero-order valence-electron chi connectivity index (χ0n) is 15.6. The maximum atomic E-state index is 13.3. The average molecular weight is 399 g/mol. The Hall–Kier alpha value is -2.64. The van der Waals surface area contributed by atoms with Gasteiger partial charge < -0.3 is 10.2 Å². The smallest absolute Gasteiger partial charge is 0.353 e. The number of hydrogen-bond donors (Lipinski definition) is 2. The van der Waals surface area contributed by atoms with Crippen LogP contribution in [0.4, 0.5) is 0 Å². The molecule has 0 saturated heterocycles. The third-order valence-electron chi connectivity index (χ3n) is 5.41. The van der Waals surface area contributed by atoms with E-state index in [2.05, 4.69) is 0 Å². The molecule has 1 fully saturated rings. The highest BCUT2D eigenvalue weighted by Gasteiger charge is 2.39. The largest absolute Gasteiger partial charge is 0.477 e. The predicted octanol–water partition coefficient (Wildman–Crippen LogP) is 3.51. The Kier molecular flexibility index (Phi) is 4.13. The van der Waals surface area contributed by atoms with Crippen molar-refractivity contribution in [1.29, 1.82) is 0 Å². The SMILES string of the molecule is Cc1ccc(S(=O)(=O)n2c(C(=O)O)cc3ccc(C4CC(C)(O)C4)cc32)cc1. The van der Waals surface area contributed by atoms with Crippen LogP contribution in [0, 0.1) is 6.92 Å². The Bertz CT molecular complexity index is 1180. The summed E-state index contributed by atoms with van der Waals surface area (Å²) in [6.45, 7) is 3.62. The van der Waals surface area contributed by atoms with E-state index in [0.717, 1.165) is 15.1 Å². The number of carboxylic acid groups (broad SMARTS) is 1. The number of hydrogen-bond acceptors (Lipinski definition) is 4. The number of rotatable bonds is 4. The van der Waals surface area contributed by atoms with Crippen LogP contribution in [0.3, 0.4) is 0 Å². The summed E-state index contributed by atoms with van der Waals surface area (Å²) in [5.74, 6) is -1.18. The Morgan fingerprint density at radius 2 is 1.75 bits per heavy atom. The predicted molar refractivity (Wildman–Crippen MR) is 105 cm³/mol. The summed E-state index contributed by atoms with van der Waals surface area (Å²) in [7, 11) is -4.08. The number of benzene rings is 2. The molecule has 4 rings (SSSR count). The number of fused-ring (bicyclic) bond motifs is 1. The van der Waals surface area contributed by atoms with Gasteiger partial charge in [0.2, 0.25) is 0 Å². The number of aryl methyl sites for hydroxylation is 1. The minimum atomic E-state index is -4.08. The molecule has 0 amide bonds. The Balaban J connectivity index is 1.91. The summed E-state index contributed by atoms with van der Waals surface area (Å²) >= 11 is 0. The summed E-state index contributed by atoms with van der Waals surface area (Å²) in [4.78, 5) is 11.8. The summed E-state index contributed by atoms with van der Waals surface area (Å²) < 4.78 is 27.5. The van der Waals surface area contributed by atoms with Gasteiger partial charge in [0.15, 0.2) is 0 Å². The topological polar surface area (TPSA) is 96.6 Å².